The summed E-state index contributed by atoms with van der Waals surface area (Å²) in [6.45, 7) is 4.52. The monoisotopic (exact) mass is 360 g/mol. The number of hydrogen-bond donors (Lipinski definition) is 2. The van der Waals surface area contributed by atoms with E-state index in [1.807, 2.05) is 6.07 Å². The summed E-state index contributed by atoms with van der Waals surface area (Å²) in [5.74, 6) is 0. The van der Waals surface area contributed by atoms with Crippen molar-refractivity contribution in [3.63, 3.8) is 0 Å². The highest BCUT2D eigenvalue weighted by Crippen LogP contribution is 2.37. The van der Waals surface area contributed by atoms with E-state index < -0.39 is 0 Å². The zero-order valence-corrected chi connectivity index (χ0v) is 12.9. The Balaban J connectivity index is 2.05. The number of alkyl halides is 1. The van der Waals surface area contributed by atoms with Gasteiger partial charge in [-0.2, -0.15) is 0 Å². The molecule has 1 fully saturated rings. The van der Waals surface area contributed by atoms with Crippen molar-refractivity contribution < 1.29 is 5.11 Å². The summed E-state index contributed by atoms with van der Waals surface area (Å²) in [5.41, 5.74) is 6.96. The van der Waals surface area contributed by atoms with Gasteiger partial charge < -0.3 is 10.8 Å². The van der Waals surface area contributed by atoms with Crippen LogP contribution in [0.15, 0.2) is 30.3 Å². The first-order valence-corrected chi connectivity index (χ1v) is 7.61. The van der Waals surface area contributed by atoms with Crippen molar-refractivity contribution in [1.82, 2.24) is 4.90 Å². The molecule has 0 saturated carbocycles. The number of rotatable bonds is 3. The third-order valence-electron chi connectivity index (χ3n) is 3.99. The van der Waals surface area contributed by atoms with Crippen molar-refractivity contribution >= 4 is 22.6 Å². The van der Waals surface area contributed by atoms with E-state index in [4.69, 9.17) is 5.73 Å². The van der Waals surface area contributed by atoms with Gasteiger partial charge in [-0.3, -0.25) is 4.90 Å². The minimum atomic E-state index is -0.361. The number of nitrogens with zero attached hydrogens (tertiary/aromatic N) is 1. The molecular formula is C14H21IN2O. The predicted molar refractivity (Wildman–Crippen MR) is 82.4 cm³/mol. The van der Waals surface area contributed by atoms with Crippen LogP contribution in [0.3, 0.4) is 0 Å². The van der Waals surface area contributed by atoms with E-state index in [1.54, 1.807) is 0 Å². The molecule has 3 nitrogen and oxygen atoms in total. The Labute approximate surface area is 123 Å². The van der Waals surface area contributed by atoms with E-state index in [-0.39, 0.29) is 15.6 Å². The van der Waals surface area contributed by atoms with Gasteiger partial charge >= 0.3 is 0 Å². The maximum absolute atomic E-state index is 10.4. The van der Waals surface area contributed by atoms with Crippen LogP contribution in [0.5, 0.6) is 0 Å². The second-order valence-electron chi connectivity index (χ2n) is 5.38. The second-order valence-corrected chi connectivity index (χ2v) is 6.66. The smallest absolute Gasteiger partial charge is 0.0890 e. The first kappa shape index (κ1) is 14.2. The first-order chi connectivity index (χ1) is 8.57. The average Bonchev–Trinajstić information content (AvgIpc) is 2.41. The van der Waals surface area contributed by atoms with Gasteiger partial charge in [0.15, 0.2) is 0 Å². The van der Waals surface area contributed by atoms with Crippen LogP contribution in [-0.4, -0.2) is 33.2 Å². The number of nitrogens with two attached hydrogens (primary N) is 1. The van der Waals surface area contributed by atoms with Crippen molar-refractivity contribution in [2.45, 2.75) is 30.0 Å². The van der Waals surface area contributed by atoms with Crippen molar-refractivity contribution in [2.75, 3.05) is 13.1 Å². The molecule has 0 aromatic heterocycles. The molecule has 1 saturated heterocycles. The molecule has 1 aromatic rings. The number of aliphatic hydroxyl groups excluding tert-OH is 1. The fraction of sp³-hybridized carbons (Fsp3) is 0.571. The lowest BCUT2D eigenvalue weighted by Crippen LogP contribution is -2.56. The molecule has 1 aliphatic rings. The van der Waals surface area contributed by atoms with Gasteiger partial charge in [0.05, 0.1) is 10.2 Å². The van der Waals surface area contributed by atoms with E-state index in [1.165, 1.54) is 5.56 Å². The molecule has 0 radical (unpaired) electrons. The Morgan fingerprint density at radius 1 is 1.44 bits per heavy atom. The fourth-order valence-corrected chi connectivity index (χ4v) is 3.75. The number of aliphatic hydroxyl groups is 1. The SMILES string of the molecule is CC1(CN)CCN(Cc2ccccc2)C(I)C1O. The third kappa shape index (κ3) is 2.87. The van der Waals surface area contributed by atoms with Gasteiger partial charge in [-0.25, -0.2) is 0 Å². The van der Waals surface area contributed by atoms with Gasteiger partial charge in [0.1, 0.15) is 0 Å². The van der Waals surface area contributed by atoms with Gasteiger partial charge in [-0.1, -0.05) is 59.8 Å². The third-order valence-corrected chi connectivity index (χ3v) is 5.46. The molecule has 1 aliphatic heterocycles. The lowest BCUT2D eigenvalue weighted by molar-refractivity contribution is -0.0405. The minimum Gasteiger partial charge on any atom is -0.390 e. The van der Waals surface area contributed by atoms with E-state index >= 15 is 0 Å². The summed E-state index contributed by atoms with van der Waals surface area (Å²) in [6, 6.07) is 10.4. The molecule has 1 aromatic carbocycles. The lowest BCUT2D eigenvalue weighted by atomic mass is 9.78. The number of benzene rings is 1. The largest absolute Gasteiger partial charge is 0.390 e. The van der Waals surface area contributed by atoms with Crippen LogP contribution in [0, 0.1) is 5.41 Å². The van der Waals surface area contributed by atoms with Gasteiger partial charge in [0.2, 0.25) is 0 Å². The topological polar surface area (TPSA) is 49.5 Å². The van der Waals surface area contributed by atoms with Crippen molar-refractivity contribution in [1.29, 1.82) is 0 Å². The van der Waals surface area contributed by atoms with Crippen LogP contribution >= 0.6 is 22.6 Å². The van der Waals surface area contributed by atoms with Gasteiger partial charge in [-0.15, -0.1) is 0 Å². The highest BCUT2D eigenvalue weighted by Gasteiger charge is 2.42. The van der Waals surface area contributed by atoms with Crippen molar-refractivity contribution in [2.24, 2.45) is 11.1 Å². The Hall–Kier alpha value is -0.170. The zero-order valence-electron chi connectivity index (χ0n) is 10.7. The maximum Gasteiger partial charge on any atom is 0.0890 e. The predicted octanol–water partition coefficient (Wildman–Crippen LogP) is 1.98. The minimum absolute atomic E-state index is 0.130. The van der Waals surface area contributed by atoms with E-state index in [0.717, 1.165) is 19.5 Å². The molecule has 0 spiro atoms. The normalized spacial score (nSPS) is 33.6. The van der Waals surface area contributed by atoms with Crippen LogP contribution < -0.4 is 5.73 Å². The lowest BCUT2D eigenvalue weighted by Gasteiger charge is -2.46. The molecule has 3 atom stereocenters. The van der Waals surface area contributed by atoms with Crippen LogP contribution in [0.25, 0.3) is 0 Å². The van der Waals surface area contributed by atoms with Crippen molar-refractivity contribution in [3.05, 3.63) is 35.9 Å². The summed E-state index contributed by atoms with van der Waals surface area (Å²) in [6.07, 6.45) is 0.595. The molecule has 2 rings (SSSR count). The first-order valence-electron chi connectivity index (χ1n) is 6.37. The Bertz CT molecular complexity index is 387. The molecule has 0 aliphatic carbocycles. The summed E-state index contributed by atoms with van der Waals surface area (Å²) >= 11 is 2.34. The molecular weight excluding hydrogens is 339 g/mol. The van der Waals surface area contributed by atoms with E-state index in [0.29, 0.717) is 6.54 Å². The number of piperidine rings is 1. The molecule has 3 N–H and O–H groups in total. The van der Waals surface area contributed by atoms with Crippen LogP contribution in [0.2, 0.25) is 0 Å². The van der Waals surface area contributed by atoms with Gasteiger partial charge in [0.25, 0.3) is 0 Å². The van der Waals surface area contributed by atoms with Gasteiger partial charge in [0, 0.05) is 25.0 Å². The molecule has 4 heteroatoms. The summed E-state index contributed by atoms with van der Waals surface area (Å²) < 4.78 is 0.130. The van der Waals surface area contributed by atoms with Crippen LogP contribution in [0.1, 0.15) is 18.9 Å². The summed E-state index contributed by atoms with van der Waals surface area (Å²) in [7, 11) is 0. The maximum atomic E-state index is 10.4. The second kappa shape index (κ2) is 5.86. The summed E-state index contributed by atoms with van der Waals surface area (Å²) in [4.78, 5) is 2.33. The highest BCUT2D eigenvalue weighted by atomic mass is 127. The molecule has 0 bridgehead atoms. The standard InChI is InChI=1S/C14H21IN2O/c1-14(10-16)7-8-17(13(15)12(14)18)9-11-5-3-2-4-6-11/h2-6,12-13,18H,7-10,16H2,1H3. The average molecular weight is 360 g/mol. The van der Waals surface area contributed by atoms with E-state index in [2.05, 4.69) is 58.7 Å². The Morgan fingerprint density at radius 2 is 2.11 bits per heavy atom. The quantitative estimate of drug-likeness (QED) is 0.492. The molecule has 1 heterocycles. The zero-order chi connectivity index (χ0) is 13.2. The number of likely N-dealkylation sites (tertiary alicyclic amines) is 1. The Kier molecular flexibility index (Phi) is 4.64. The van der Waals surface area contributed by atoms with Crippen molar-refractivity contribution in [3.8, 4) is 0 Å². The molecule has 0 amide bonds. The van der Waals surface area contributed by atoms with Crippen LogP contribution in [-0.2, 0) is 6.54 Å². The molecule has 100 valence electrons. The van der Waals surface area contributed by atoms with E-state index in [9.17, 15) is 5.11 Å². The highest BCUT2D eigenvalue weighted by molar-refractivity contribution is 14.1. The Morgan fingerprint density at radius 3 is 2.72 bits per heavy atom. The number of halogens is 1. The van der Waals surface area contributed by atoms with Gasteiger partial charge in [-0.05, 0) is 12.0 Å². The van der Waals surface area contributed by atoms with Crippen LogP contribution in [0.4, 0.5) is 0 Å². The molecule has 18 heavy (non-hydrogen) atoms. The molecule has 3 unspecified atom stereocenters. The number of hydrogen-bond acceptors (Lipinski definition) is 3. The fourth-order valence-electron chi connectivity index (χ4n) is 2.41. The summed E-state index contributed by atoms with van der Waals surface area (Å²) in [5, 5.41) is 10.4.